The molecular formula is C25H33Cl2N3O4S. The number of amides is 2. The predicted molar refractivity (Wildman–Crippen MR) is 142 cm³/mol. The van der Waals surface area contributed by atoms with Gasteiger partial charge in [0.25, 0.3) is 0 Å². The number of hydrogen-bond donors (Lipinski definition) is 1. The molecule has 0 saturated carbocycles. The summed E-state index contributed by atoms with van der Waals surface area (Å²) in [6.45, 7) is 5.92. The highest BCUT2D eigenvalue weighted by Crippen LogP contribution is 2.31. The van der Waals surface area contributed by atoms with Crippen LogP contribution in [0.15, 0.2) is 42.5 Å². The molecule has 0 aliphatic carbocycles. The van der Waals surface area contributed by atoms with Crippen LogP contribution in [0.1, 0.15) is 44.2 Å². The number of anilines is 1. The van der Waals surface area contributed by atoms with Crippen molar-refractivity contribution in [1.29, 1.82) is 0 Å². The van der Waals surface area contributed by atoms with Gasteiger partial charge in [0.15, 0.2) is 0 Å². The zero-order chi connectivity index (χ0) is 26.2. The van der Waals surface area contributed by atoms with Gasteiger partial charge in [-0.05, 0) is 43.5 Å². The van der Waals surface area contributed by atoms with E-state index >= 15 is 0 Å². The maximum Gasteiger partial charge on any atom is 0.244 e. The molecule has 2 aromatic carbocycles. The Labute approximate surface area is 218 Å². The van der Waals surface area contributed by atoms with Crippen molar-refractivity contribution in [3.63, 3.8) is 0 Å². The SMILES string of the molecule is CCCCNC(=O)[C@H](CC)N(Cc1cccc(C)c1)C(=O)CN(c1cc(Cl)ccc1Cl)S(C)(=O)=O. The number of carbonyl (C=O) groups excluding carboxylic acids is 2. The van der Waals surface area contributed by atoms with Crippen molar-refractivity contribution in [2.75, 3.05) is 23.7 Å². The molecule has 0 fully saturated rings. The van der Waals surface area contributed by atoms with E-state index in [1.165, 1.54) is 23.1 Å². The molecule has 35 heavy (non-hydrogen) atoms. The van der Waals surface area contributed by atoms with E-state index in [2.05, 4.69) is 5.32 Å². The van der Waals surface area contributed by atoms with Crippen molar-refractivity contribution in [2.45, 2.75) is 52.6 Å². The summed E-state index contributed by atoms with van der Waals surface area (Å²) in [5.41, 5.74) is 1.95. The number of rotatable bonds is 12. The van der Waals surface area contributed by atoms with Gasteiger partial charge in [-0.3, -0.25) is 13.9 Å². The molecule has 2 rings (SSSR count). The number of nitrogens with zero attached hydrogens (tertiary/aromatic N) is 2. The average molecular weight is 543 g/mol. The Hall–Kier alpha value is -2.29. The van der Waals surface area contributed by atoms with Crippen LogP contribution in [-0.2, 0) is 26.2 Å². The quantitative estimate of drug-likeness (QED) is 0.391. The molecule has 0 spiro atoms. The summed E-state index contributed by atoms with van der Waals surface area (Å²) >= 11 is 12.3. The summed E-state index contributed by atoms with van der Waals surface area (Å²) in [7, 11) is -3.89. The number of nitrogens with one attached hydrogen (secondary N) is 1. The molecule has 0 unspecified atom stereocenters. The zero-order valence-electron chi connectivity index (χ0n) is 20.6. The third kappa shape index (κ3) is 8.40. The highest BCUT2D eigenvalue weighted by Gasteiger charge is 2.32. The van der Waals surface area contributed by atoms with Gasteiger partial charge in [0.2, 0.25) is 21.8 Å². The normalized spacial score (nSPS) is 12.2. The van der Waals surface area contributed by atoms with Crippen LogP contribution in [-0.4, -0.2) is 50.5 Å². The van der Waals surface area contributed by atoms with Crippen LogP contribution in [0.4, 0.5) is 5.69 Å². The molecule has 0 aliphatic rings. The second kappa shape index (κ2) is 13.1. The van der Waals surface area contributed by atoms with Gasteiger partial charge in [-0.1, -0.05) is 73.3 Å². The van der Waals surface area contributed by atoms with Crippen molar-refractivity contribution in [3.8, 4) is 0 Å². The predicted octanol–water partition coefficient (Wildman–Crippen LogP) is 4.79. The third-order valence-electron chi connectivity index (χ3n) is 5.51. The van der Waals surface area contributed by atoms with E-state index in [0.717, 1.165) is 34.5 Å². The summed E-state index contributed by atoms with van der Waals surface area (Å²) in [6.07, 6.45) is 3.11. The zero-order valence-corrected chi connectivity index (χ0v) is 22.9. The van der Waals surface area contributed by atoms with Crippen LogP contribution in [0, 0.1) is 6.92 Å². The Morgan fingerprint density at radius 1 is 1.09 bits per heavy atom. The van der Waals surface area contributed by atoms with Crippen LogP contribution < -0.4 is 9.62 Å². The lowest BCUT2D eigenvalue weighted by molar-refractivity contribution is -0.140. The fraction of sp³-hybridized carbons (Fsp3) is 0.440. The molecule has 0 radical (unpaired) electrons. The molecule has 2 amide bonds. The van der Waals surface area contributed by atoms with Crippen molar-refractivity contribution in [1.82, 2.24) is 10.2 Å². The third-order valence-corrected chi connectivity index (χ3v) is 7.19. The number of aryl methyl sites for hydroxylation is 1. The van der Waals surface area contributed by atoms with E-state index in [0.29, 0.717) is 13.0 Å². The van der Waals surface area contributed by atoms with Gasteiger partial charge in [-0.25, -0.2) is 8.42 Å². The molecule has 10 heteroatoms. The molecule has 0 aromatic heterocycles. The smallest absolute Gasteiger partial charge is 0.244 e. The van der Waals surface area contributed by atoms with Crippen LogP contribution in [0.3, 0.4) is 0 Å². The standard InChI is InChI=1S/C25H33Cl2N3O4S/c1-5-7-13-28-25(32)22(6-2)29(16-19-10-8-9-18(3)14-19)24(31)17-30(35(4,33)34)23-15-20(26)11-12-21(23)27/h8-12,14-15,22H,5-7,13,16-17H2,1-4H3,(H,28,32)/t22-/m0/s1. The monoisotopic (exact) mass is 541 g/mol. The van der Waals surface area contributed by atoms with Gasteiger partial charge in [0.05, 0.1) is 17.0 Å². The molecule has 1 N–H and O–H groups in total. The maximum absolute atomic E-state index is 13.7. The minimum Gasteiger partial charge on any atom is -0.354 e. The van der Waals surface area contributed by atoms with Crippen molar-refractivity contribution >= 4 is 50.7 Å². The van der Waals surface area contributed by atoms with Crippen LogP contribution in [0.2, 0.25) is 10.0 Å². The lowest BCUT2D eigenvalue weighted by Gasteiger charge is -2.33. The van der Waals surface area contributed by atoms with Gasteiger partial charge < -0.3 is 10.2 Å². The van der Waals surface area contributed by atoms with E-state index in [1.807, 2.05) is 45.0 Å². The van der Waals surface area contributed by atoms with Crippen molar-refractivity contribution in [3.05, 3.63) is 63.6 Å². The van der Waals surface area contributed by atoms with E-state index in [9.17, 15) is 18.0 Å². The second-order valence-electron chi connectivity index (χ2n) is 8.44. The maximum atomic E-state index is 13.7. The molecule has 2 aromatic rings. The second-order valence-corrected chi connectivity index (χ2v) is 11.2. The number of unbranched alkanes of at least 4 members (excludes halogenated alkanes) is 1. The first-order chi connectivity index (χ1) is 16.5. The largest absolute Gasteiger partial charge is 0.354 e. The molecule has 1 atom stereocenters. The summed E-state index contributed by atoms with van der Waals surface area (Å²) in [6, 6.07) is 11.3. The van der Waals surface area contributed by atoms with Gasteiger partial charge in [-0.15, -0.1) is 0 Å². The van der Waals surface area contributed by atoms with Gasteiger partial charge in [0.1, 0.15) is 12.6 Å². The highest BCUT2D eigenvalue weighted by atomic mass is 35.5. The number of sulfonamides is 1. The van der Waals surface area contributed by atoms with Crippen LogP contribution in [0.5, 0.6) is 0 Å². The summed E-state index contributed by atoms with van der Waals surface area (Å²) in [5, 5.41) is 3.32. The van der Waals surface area contributed by atoms with E-state index in [1.54, 1.807) is 0 Å². The summed E-state index contributed by atoms with van der Waals surface area (Å²) in [5.74, 6) is -0.792. The first-order valence-corrected chi connectivity index (χ1v) is 14.1. The lowest BCUT2D eigenvalue weighted by atomic mass is 10.1. The molecule has 0 aliphatic heterocycles. The fourth-order valence-corrected chi connectivity index (χ4v) is 4.99. The summed E-state index contributed by atoms with van der Waals surface area (Å²) < 4.78 is 26.3. The minimum atomic E-state index is -3.89. The Balaban J connectivity index is 2.45. The lowest BCUT2D eigenvalue weighted by Crippen LogP contribution is -2.52. The first-order valence-electron chi connectivity index (χ1n) is 11.5. The molecule has 0 heterocycles. The number of hydrogen-bond acceptors (Lipinski definition) is 4. The number of carbonyl (C=O) groups is 2. The highest BCUT2D eigenvalue weighted by molar-refractivity contribution is 7.92. The molecule has 0 bridgehead atoms. The van der Waals surface area contributed by atoms with Gasteiger partial charge >= 0.3 is 0 Å². The topological polar surface area (TPSA) is 86.8 Å². The Kier molecular flexibility index (Phi) is 10.9. The van der Waals surface area contributed by atoms with Crippen molar-refractivity contribution in [2.24, 2.45) is 0 Å². The summed E-state index contributed by atoms with van der Waals surface area (Å²) in [4.78, 5) is 28.1. The first kappa shape index (κ1) is 28.9. The van der Waals surface area contributed by atoms with E-state index < -0.39 is 28.5 Å². The van der Waals surface area contributed by atoms with Gasteiger partial charge in [-0.2, -0.15) is 0 Å². The van der Waals surface area contributed by atoms with E-state index in [-0.39, 0.29) is 28.2 Å². The Bertz CT molecular complexity index is 1140. The van der Waals surface area contributed by atoms with Gasteiger partial charge in [0, 0.05) is 18.1 Å². The molecule has 0 saturated heterocycles. The number of halogens is 2. The Morgan fingerprint density at radius 2 is 1.80 bits per heavy atom. The average Bonchev–Trinajstić information content (AvgIpc) is 2.78. The number of benzene rings is 2. The van der Waals surface area contributed by atoms with Crippen LogP contribution >= 0.6 is 23.2 Å². The van der Waals surface area contributed by atoms with E-state index in [4.69, 9.17) is 23.2 Å². The minimum absolute atomic E-state index is 0.103. The Morgan fingerprint density at radius 3 is 2.40 bits per heavy atom. The molecule has 192 valence electrons. The fourth-order valence-electron chi connectivity index (χ4n) is 3.70. The van der Waals surface area contributed by atoms with Crippen LogP contribution in [0.25, 0.3) is 0 Å². The molecule has 7 nitrogen and oxygen atoms in total. The van der Waals surface area contributed by atoms with Crippen molar-refractivity contribution < 1.29 is 18.0 Å². The molecular weight excluding hydrogens is 509 g/mol.